The molecule has 0 saturated carbocycles. The average Bonchev–Trinajstić information content (AvgIpc) is 3.64. The van der Waals surface area contributed by atoms with Crippen molar-refractivity contribution in [3.8, 4) is 0 Å². The lowest BCUT2D eigenvalue weighted by Crippen LogP contribution is -2.17. The van der Waals surface area contributed by atoms with Crippen LogP contribution in [0.3, 0.4) is 0 Å². The third-order valence-electron chi connectivity index (χ3n) is 4.83. The molecule has 0 aliphatic heterocycles. The zero-order valence-electron chi connectivity index (χ0n) is 24.6. The number of carboxylic acids is 2. The molecule has 2 aromatic carbocycles. The lowest BCUT2D eigenvalue weighted by molar-refractivity contribution is -0.143. The molecule has 2 heterocycles. The number of aromatic carboxylic acids is 1. The Balaban J connectivity index is 0.000000682. The maximum Gasteiger partial charge on any atom is 0.348 e. The van der Waals surface area contributed by atoms with E-state index >= 15 is 0 Å². The van der Waals surface area contributed by atoms with E-state index < -0.39 is 36.2 Å². The van der Waals surface area contributed by atoms with Gasteiger partial charge in [-0.1, -0.05) is 65.8 Å². The molecule has 42 heavy (non-hydrogen) atoms. The van der Waals surface area contributed by atoms with Gasteiger partial charge < -0.3 is 20.7 Å². The van der Waals surface area contributed by atoms with Crippen molar-refractivity contribution >= 4 is 66.7 Å². The minimum atomic E-state index is -2.06. The van der Waals surface area contributed by atoms with Gasteiger partial charge in [0.2, 0.25) is 12.3 Å². The van der Waals surface area contributed by atoms with E-state index in [0.717, 1.165) is 28.1 Å². The number of ether oxygens (including phenoxy) is 1. The van der Waals surface area contributed by atoms with E-state index in [-0.39, 0.29) is 22.6 Å². The first-order valence-electron chi connectivity index (χ1n) is 13.3. The minimum absolute atomic E-state index is 0.0669. The Morgan fingerprint density at radius 1 is 0.762 bits per heavy atom. The smallest absolute Gasteiger partial charge is 0.348 e. The van der Waals surface area contributed by atoms with Gasteiger partial charge in [0.05, 0.1) is 6.61 Å². The zero-order chi connectivity index (χ0) is 32.6. The van der Waals surface area contributed by atoms with Gasteiger partial charge in [-0.15, -0.1) is 22.7 Å². The highest BCUT2D eigenvalue weighted by molar-refractivity contribution is 7.21. The SMILES string of the molecule is CC.CC.CC.CCOC(=O)c1cc2ccc(C(F)C(=O)O)cc2s1.NC(=O)C(F)c1ccc2cc(C(=O)O)sc2c1. The highest BCUT2D eigenvalue weighted by Gasteiger charge is 2.20. The second-order valence-corrected chi connectivity index (χ2v) is 9.47. The van der Waals surface area contributed by atoms with Gasteiger partial charge in [0, 0.05) is 9.40 Å². The summed E-state index contributed by atoms with van der Waals surface area (Å²) in [6.07, 6.45) is -3.92. The Bertz CT molecular complexity index is 1470. The molecule has 0 spiro atoms. The largest absolute Gasteiger partial charge is 0.479 e. The van der Waals surface area contributed by atoms with Crippen LogP contribution in [-0.4, -0.2) is 40.6 Å². The highest BCUT2D eigenvalue weighted by atomic mass is 32.1. The van der Waals surface area contributed by atoms with Gasteiger partial charge in [-0.25, -0.2) is 23.2 Å². The van der Waals surface area contributed by atoms with Crippen molar-refractivity contribution < 1.29 is 42.9 Å². The Morgan fingerprint density at radius 2 is 1.19 bits per heavy atom. The molecular formula is C30H37F2NO7S2. The molecule has 0 aliphatic rings. The number of nitrogens with two attached hydrogens (primary N) is 1. The van der Waals surface area contributed by atoms with Crippen molar-refractivity contribution in [3.05, 3.63) is 69.4 Å². The highest BCUT2D eigenvalue weighted by Crippen LogP contribution is 2.31. The van der Waals surface area contributed by atoms with Crippen molar-refractivity contribution in [2.45, 2.75) is 60.8 Å². The molecule has 2 aromatic heterocycles. The number of hydrogen-bond donors (Lipinski definition) is 3. The van der Waals surface area contributed by atoms with Crippen LogP contribution in [0.15, 0.2) is 48.5 Å². The van der Waals surface area contributed by atoms with E-state index in [2.05, 4.69) is 0 Å². The van der Waals surface area contributed by atoms with E-state index in [9.17, 15) is 28.0 Å². The Morgan fingerprint density at radius 3 is 1.60 bits per heavy atom. The molecule has 0 radical (unpaired) electrons. The summed E-state index contributed by atoms with van der Waals surface area (Å²) in [5, 5.41) is 18.9. The van der Waals surface area contributed by atoms with Gasteiger partial charge in [-0.05, 0) is 53.1 Å². The molecule has 0 bridgehead atoms. The molecule has 0 aliphatic carbocycles. The number of thiophene rings is 2. The molecular weight excluding hydrogens is 588 g/mol. The first-order valence-corrected chi connectivity index (χ1v) is 14.9. The third kappa shape index (κ3) is 10.5. The number of hydrogen-bond acceptors (Lipinski definition) is 7. The molecule has 1 amide bonds. The second-order valence-electron chi connectivity index (χ2n) is 7.31. The fraction of sp³-hybridized carbons (Fsp3) is 0.333. The van der Waals surface area contributed by atoms with Crippen molar-refractivity contribution in [1.29, 1.82) is 0 Å². The molecule has 230 valence electrons. The summed E-state index contributed by atoms with van der Waals surface area (Å²) in [6, 6.07) is 12.0. The van der Waals surface area contributed by atoms with Gasteiger partial charge in [-0.3, -0.25) is 4.79 Å². The molecule has 0 saturated heterocycles. The van der Waals surface area contributed by atoms with E-state index in [1.807, 2.05) is 41.5 Å². The van der Waals surface area contributed by atoms with Crippen molar-refractivity contribution in [1.82, 2.24) is 0 Å². The fourth-order valence-electron chi connectivity index (χ4n) is 3.13. The van der Waals surface area contributed by atoms with Crippen LogP contribution < -0.4 is 5.73 Å². The van der Waals surface area contributed by atoms with Gasteiger partial charge in [0.25, 0.3) is 5.91 Å². The van der Waals surface area contributed by atoms with Crippen LogP contribution >= 0.6 is 22.7 Å². The van der Waals surface area contributed by atoms with Crippen LogP contribution in [0.1, 0.15) is 91.3 Å². The van der Waals surface area contributed by atoms with E-state index in [0.29, 0.717) is 19.7 Å². The van der Waals surface area contributed by atoms with Gasteiger partial charge in [0.15, 0.2) is 0 Å². The number of rotatable bonds is 7. The number of carbonyl (C=O) groups is 4. The summed E-state index contributed by atoms with van der Waals surface area (Å²) in [6.45, 7) is 14.0. The van der Waals surface area contributed by atoms with E-state index in [1.54, 1.807) is 25.1 Å². The normalized spacial score (nSPS) is 11.1. The molecule has 2 unspecified atom stereocenters. The Hall–Kier alpha value is -3.90. The van der Waals surface area contributed by atoms with Crippen LogP contribution in [0.25, 0.3) is 20.2 Å². The second kappa shape index (κ2) is 19.3. The van der Waals surface area contributed by atoms with Crippen LogP contribution in [-0.2, 0) is 14.3 Å². The van der Waals surface area contributed by atoms with Crippen LogP contribution in [0.4, 0.5) is 8.78 Å². The number of aliphatic carboxylic acids is 1. The number of amides is 1. The Kier molecular flexibility index (Phi) is 17.5. The molecule has 0 fully saturated rings. The Labute approximate surface area is 251 Å². The predicted octanol–water partition coefficient (Wildman–Crippen LogP) is 8.35. The van der Waals surface area contributed by atoms with Crippen molar-refractivity contribution in [2.75, 3.05) is 6.61 Å². The maximum atomic E-state index is 13.4. The standard InChI is InChI=1S/C13H11FO4S.C11H8FNO3S.3C2H6/c1-2-18-13(17)10-5-7-3-4-8(6-9(7)19-10)11(14)12(15)16;12-9(10(13)14)6-2-1-5-3-8(11(15)16)17-7(5)4-6;3*1-2/h3-6,11H,2H2,1H3,(H,15,16);1-4,9H,(H2,13,14)(H,15,16);3*1-2H3. The monoisotopic (exact) mass is 625 g/mol. The van der Waals surface area contributed by atoms with Crippen LogP contribution in [0.5, 0.6) is 0 Å². The number of carbonyl (C=O) groups excluding carboxylic acids is 2. The number of alkyl halides is 2. The molecule has 2 atom stereocenters. The van der Waals surface area contributed by atoms with Crippen molar-refractivity contribution in [3.63, 3.8) is 0 Å². The number of fused-ring (bicyclic) bond motifs is 2. The fourth-order valence-corrected chi connectivity index (χ4v) is 5.08. The van der Waals surface area contributed by atoms with Crippen LogP contribution in [0.2, 0.25) is 0 Å². The number of benzene rings is 2. The lowest BCUT2D eigenvalue weighted by Gasteiger charge is -2.03. The summed E-state index contributed by atoms with van der Waals surface area (Å²) in [7, 11) is 0. The summed E-state index contributed by atoms with van der Waals surface area (Å²) < 4.78 is 32.9. The number of esters is 1. The topological polar surface area (TPSA) is 144 Å². The number of carboxylic acid groups (broad SMARTS) is 2. The van der Waals surface area contributed by atoms with Gasteiger partial charge >= 0.3 is 17.9 Å². The number of halogens is 2. The summed E-state index contributed by atoms with van der Waals surface area (Å²) in [5.41, 5.74) is 5.07. The molecule has 8 nitrogen and oxygen atoms in total. The summed E-state index contributed by atoms with van der Waals surface area (Å²) in [5.74, 6) is -4.04. The molecule has 4 aromatic rings. The summed E-state index contributed by atoms with van der Waals surface area (Å²) >= 11 is 2.18. The van der Waals surface area contributed by atoms with Gasteiger partial charge in [-0.2, -0.15) is 0 Å². The van der Waals surface area contributed by atoms with Crippen molar-refractivity contribution in [2.24, 2.45) is 5.73 Å². The molecule has 4 rings (SSSR count). The van der Waals surface area contributed by atoms with E-state index in [1.165, 1.54) is 30.3 Å². The maximum absolute atomic E-state index is 13.4. The predicted molar refractivity (Wildman–Crippen MR) is 165 cm³/mol. The average molecular weight is 626 g/mol. The minimum Gasteiger partial charge on any atom is -0.479 e. The first kappa shape index (κ1) is 38.1. The third-order valence-corrected chi connectivity index (χ3v) is 6.99. The van der Waals surface area contributed by atoms with Gasteiger partial charge in [0.1, 0.15) is 9.75 Å². The van der Waals surface area contributed by atoms with E-state index in [4.69, 9.17) is 20.7 Å². The molecule has 12 heteroatoms. The molecule has 4 N–H and O–H groups in total. The summed E-state index contributed by atoms with van der Waals surface area (Å²) in [4.78, 5) is 44.2. The first-order chi connectivity index (χ1) is 20.0. The zero-order valence-corrected chi connectivity index (χ0v) is 26.2. The lowest BCUT2D eigenvalue weighted by atomic mass is 10.1. The quantitative estimate of drug-likeness (QED) is 0.175. The van der Waals surface area contributed by atoms with Crippen LogP contribution in [0, 0.1) is 0 Å². The number of primary amides is 1.